The molecule has 1 aliphatic heterocycles. The van der Waals surface area contributed by atoms with E-state index in [-0.39, 0.29) is 30.2 Å². The van der Waals surface area contributed by atoms with Crippen LogP contribution in [-0.4, -0.2) is 40.0 Å². The lowest BCUT2D eigenvalue weighted by Crippen LogP contribution is -2.52. The molecule has 5 N–H and O–H groups in total. The van der Waals surface area contributed by atoms with Crippen LogP contribution >= 0.6 is 11.6 Å². The molecule has 1 atom stereocenters. The van der Waals surface area contributed by atoms with Gasteiger partial charge in [0.2, 0.25) is 5.60 Å². The highest BCUT2D eigenvalue weighted by Gasteiger charge is 2.51. The lowest BCUT2D eigenvalue weighted by molar-refractivity contribution is -0.149. The zero-order valence-electron chi connectivity index (χ0n) is 16.1. The molecule has 8 nitrogen and oxygen atoms in total. The summed E-state index contributed by atoms with van der Waals surface area (Å²) in [6.07, 6.45) is -0.112. The van der Waals surface area contributed by atoms with E-state index in [1.807, 2.05) is 0 Å². The van der Waals surface area contributed by atoms with E-state index >= 15 is 0 Å². The number of aliphatic hydroxyl groups is 1. The number of carbonyl (C=O) groups is 3. The molecular weight excluding hydrogens is 427 g/mol. The number of nitrogens with zero attached hydrogens (tertiary/aromatic N) is 1. The van der Waals surface area contributed by atoms with Crippen LogP contribution in [0.15, 0.2) is 42.5 Å². The Morgan fingerprint density at radius 2 is 2.03 bits per heavy atom. The van der Waals surface area contributed by atoms with Crippen LogP contribution in [0.5, 0.6) is 0 Å². The maximum absolute atomic E-state index is 13.5. The molecule has 2 aromatic carbocycles. The number of benzene rings is 2. The molecule has 31 heavy (non-hydrogen) atoms. The molecule has 160 valence electrons. The third-order valence-electron chi connectivity index (χ3n) is 5.23. The SMILES string of the molecule is NC(=O)c1cc2cc(N3CC[C@](O)(C(=O)NCc4cc(F)cc(Cl)c4)C3=O)ccc2[nH]1. The van der Waals surface area contributed by atoms with Crippen LogP contribution in [0.25, 0.3) is 10.9 Å². The van der Waals surface area contributed by atoms with Gasteiger partial charge in [-0.25, -0.2) is 4.39 Å². The van der Waals surface area contributed by atoms with E-state index in [4.69, 9.17) is 17.3 Å². The van der Waals surface area contributed by atoms with E-state index in [0.717, 1.165) is 6.07 Å². The summed E-state index contributed by atoms with van der Waals surface area (Å²) in [6.45, 7) is 0.0181. The minimum absolute atomic E-state index is 0.100. The molecule has 0 saturated carbocycles. The second-order valence-electron chi connectivity index (χ2n) is 7.35. The molecule has 1 aliphatic rings. The number of halogens is 2. The van der Waals surface area contributed by atoms with Gasteiger partial charge in [-0.3, -0.25) is 14.4 Å². The Morgan fingerprint density at radius 1 is 1.26 bits per heavy atom. The largest absolute Gasteiger partial charge is 0.372 e. The molecule has 2 heterocycles. The highest BCUT2D eigenvalue weighted by atomic mass is 35.5. The van der Waals surface area contributed by atoms with Gasteiger partial charge in [0.05, 0.1) is 0 Å². The molecular formula is C21H18ClFN4O4. The van der Waals surface area contributed by atoms with Crippen LogP contribution in [-0.2, 0) is 16.1 Å². The van der Waals surface area contributed by atoms with Gasteiger partial charge in [0.1, 0.15) is 11.5 Å². The van der Waals surface area contributed by atoms with Gasteiger partial charge in [-0.15, -0.1) is 0 Å². The number of anilines is 1. The first kappa shape index (κ1) is 20.8. The monoisotopic (exact) mass is 444 g/mol. The Labute approximate surface area is 180 Å². The number of rotatable bonds is 5. The van der Waals surface area contributed by atoms with Gasteiger partial charge in [-0.05, 0) is 48.0 Å². The van der Waals surface area contributed by atoms with Crippen molar-refractivity contribution in [2.24, 2.45) is 5.73 Å². The molecule has 0 spiro atoms. The fourth-order valence-corrected chi connectivity index (χ4v) is 3.87. The summed E-state index contributed by atoms with van der Waals surface area (Å²) in [6, 6.07) is 10.3. The zero-order chi connectivity index (χ0) is 22.3. The lowest BCUT2D eigenvalue weighted by Gasteiger charge is -2.22. The lowest BCUT2D eigenvalue weighted by atomic mass is 10.0. The van der Waals surface area contributed by atoms with Gasteiger partial charge in [0.25, 0.3) is 17.7 Å². The summed E-state index contributed by atoms with van der Waals surface area (Å²) >= 11 is 5.80. The van der Waals surface area contributed by atoms with E-state index in [1.54, 1.807) is 24.3 Å². The van der Waals surface area contributed by atoms with Crippen molar-refractivity contribution in [3.8, 4) is 0 Å². The molecule has 0 radical (unpaired) electrons. The van der Waals surface area contributed by atoms with Gasteiger partial charge in [-0.2, -0.15) is 0 Å². The molecule has 0 unspecified atom stereocenters. The highest BCUT2D eigenvalue weighted by Crippen LogP contribution is 2.31. The maximum Gasteiger partial charge on any atom is 0.268 e. The Bertz CT molecular complexity index is 1210. The summed E-state index contributed by atoms with van der Waals surface area (Å²) < 4.78 is 13.5. The second-order valence-corrected chi connectivity index (χ2v) is 7.78. The fourth-order valence-electron chi connectivity index (χ4n) is 3.62. The number of hydrogen-bond acceptors (Lipinski definition) is 4. The number of aromatic amines is 1. The molecule has 3 amide bonds. The van der Waals surface area contributed by atoms with Gasteiger partial charge in [0.15, 0.2) is 0 Å². The molecule has 10 heteroatoms. The molecule has 3 aromatic rings. The van der Waals surface area contributed by atoms with E-state index in [9.17, 15) is 23.9 Å². The van der Waals surface area contributed by atoms with Crippen LogP contribution in [0.2, 0.25) is 5.02 Å². The number of amides is 3. The normalized spacial score (nSPS) is 18.5. The zero-order valence-corrected chi connectivity index (χ0v) is 16.9. The summed E-state index contributed by atoms with van der Waals surface area (Å²) in [5, 5.41) is 14.1. The predicted octanol–water partition coefficient (Wildman–Crippen LogP) is 1.84. The first-order chi connectivity index (χ1) is 14.7. The van der Waals surface area contributed by atoms with Crippen molar-refractivity contribution in [3.63, 3.8) is 0 Å². The molecule has 0 aliphatic carbocycles. The number of nitrogens with one attached hydrogen (secondary N) is 2. The summed E-state index contributed by atoms with van der Waals surface area (Å²) in [5.41, 5.74) is 4.78. The van der Waals surface area contributed by atoms with E-state index in [0.29, 0.717) is 22.2 Å². The second kappa shape index (κ2) is 7.68. The van der Waals surface area contributed by atoms with Crippen molar-refractivity contribution >= 4 is 45.9 Å². The number of carbonyl (C=O) groups excluding carboxylic acids is 3. The van der Waals surface area contributed by atoms with Crippen LogP contribution in [0.1, 0.15) is 22.5 Å². The van der Waals surface area contributed by atoms with Gasteiger partial charge >= 0.3 is 0 Å². The minimum atomic E-state index is -2.25. The van der Waals surface area contributed by atoms with Crippen molar-refractivity contribution in [2.45, 2.75) is 18.6 Å². The van der Waals surface area contributed by atoms with E-state index < -0.39 is 29.1 Å². The number of aromatic nitrogens is 1. The minimum Gasteiger partial charge on any atom is -0.372 e. The molecule has 1 saturated heterocycles. The van der Waals surface area contributed by atoms with Crippen LogP contribution in [0.3, 0.4) is 0 Å². The van der Waals surface area contributed by atoms with Crippen molar-refractivity contribution in [2.75, 3.05) is 11.4 Å². The smallest absolute Gasteiger partial charge is 0.268 e. The molecule has 4 rings (SSSR count). The number of primary amides is 1. The molecule has 1 fully saturated rings. The summed E-state index contributed by atoms with van der Waals surface area (Å²) in [5.74, 6) is -2.81. The van der Waals surface area contributed by atoms with Gasteiger partial charge in [-0.1, -0.05) is 11.6 Å². The quantitative estimate of drug-likeness (QED) is 0.447. The van der Waals surface area contributed by atoms with Crippen LogP contribution < -0.4 is 16.0 Å². The van der Waals surface area contributed by atoms with Crippen molar-refractivity contribution < 1.29 is 23.9 Å². The first-order valence-electron chi connectivity index (χ1n) is 9.37. The van der Waals surface area contributed by atoms with Crippen LogP contribution in [0.4, 0.5) is 10.1 Å². The Hall–Kier alpha value is -3.43. The van der Waals surface area contributed by atoms with Crippen molar-refractivity contribution in [3.05, 3.63) is 64.6 Å². The first-order valence-corrected chi connectivity index (χ1v) is 9.75. The Balaban J connectivity index is 1.51. The molecule has 1 aromatic heterocycles. The standard InChI is InChI=1S/C21H18ClFN4O4/c22-13-5-11(6-14(23)9-13)10-25-19(29)21(31)3-4-27(20(21)30)15-1-2-16-12(7-15)8-17(26-16)18(24)28/h1-2,5-9,26,31H,3-4,10H2,(H2,24,28)(H,25,29)/t21-/m0/s1. The van der Waals surface area contributed by atoms with Crippen LogP contribution in [0, 0.1) is 5.82 Å². The molecule has 0 bridgehead atoms. The van der Waals surface area contributed by atoms with Crippen molar-refractivity contribution in [1.82, 2.24) is 10.3 Å². The van der Waals surface area contributed by atoms with E-state index in [2.05, 4.69) is 10.3 Å². The van der Waals surface area contributed by atoms with Gasteiger partial charge in [0, 0.05) is 41.1 Å². The highest BCUT2D eigenvalue weighted by molar-refractivity contribution is 6.30. The van der Waals surface area contributed by atoms with Gasteiger partial charge < -0.3 is 26.0 Å². The number of hydrogen-bond donors (Lipinski definition) is 4. The third kappa shape index (κ3) is 3.85. The summed E-state index contributed by atoms with van der Waals surface area (Å²) in [4.78, 5) is 41.0. The van der Waals surface area contributed by atoms with E-state index in [1.165, 1.54) is 17.0 Å². The average molecular weight is 445 g/mol. The maximum atomic E-state index is 13.5. The van der Waals surface area contributed by atoms with Crippen molar-refractivity contribution in [1.29, 1.82) is 0 Å². The number of nitrogens with two attached hydrogens (primary N) is 1. The topological polar surface area (TPSA) is 129 Å². The average Bonchev–Trinajstić information content (AvgIpc) is 3.27. The Kier molecular flexibility index (Phi) is 5.16. The fraction of sp³-hybridized carbons (Fsp3) is 0.190. The Morgan fingerprint density at radius 3 is 2.74 bits per heavy atom. The summed E-state index contributed by atoms with van der Waals surface area (Å²) in [7, 11) is 0. The number of H-pyrrole nitrogens is 1. The predicted molar refractivity (Wildman–Crippen MR) is 112 cm³/mol. The third-order valence-corrected chi connectivity index (χ3v) is 5.45. The number of fused-ring (bicyclic) bond motifs is 1.